The van der Waals surface area contributed by atoms with Gasteiger partial charge in [-0.25, -0.2) is 9.48 Å². The minimum absolute atomic E-state index is 0.354. The van der Waals surface area contributed by atoms with Crippen molar-refractivity contribution in [2.75, 3.05) is 0 Å². The Kier molecular flexibility index (Phi) is 4.01. The number of nitrogens with zero attached hydrogens (tertiary/aromatic N) is 3. The summed E-state index contributed by atoms with van der Waals surface area (Å²) in [5.74, 6) is -1.35. The van der Waals surface area contributed by atoms with Crippen molar-refractivity contribution < 1.29 is 23.1 Å². The molecule has 0 radical (unpaired) electrons. The fourth-order valence-electron chi connectivity index (χ4n) is 2.81. The van der Waals surface area contributed by atoms with Crippen LogP contribution in [0.2, 0.25) is 0 Å². The highest BCUT2D eigenvalue weighted by molar-refractivity contribution is 5.86. The van der Waals surface area contributed by atoms with Gasteiger partial charge in [-0.1, -0.05) is 31.4 Å². The van der Waals surface area contributed by atoms with Gasteiger partial charge in [-0.05, 0) is 18.8 Å². The van der Waals surface area contributed by atoms with Gasteiger partial charge in [0, 0.05) is 0 Å². The van der Waals surface area contributed by atoms with E-state index in [1.54, 1.807) is 0 Å². The largest absolute Gasteiger partial charge is 0.476 e. The van der Waals surface area contributed by atoms with Crippen molar-refractivity contribution in [2.45, 2.75) is 51.2 Å². The molecule has 1 saturated carbocycles. The molecule has 0 amide bonds. The fourth-order valence-corrected chi connectivity index (χ4v) is 2.81. The Balaban J connectivity index is 2.39. The molecular weight excluding hydrogens is 275 g/mol. The highest BCUT2D eigenvalue weighted by Crippen LogP contribution is 2.38. The molecule has 112 valence electrons. The lowest BCUT2D eigenvalue weighted by molar-refractivity contribution is -0.145. The third-order valence-corrected chi connectivity index (χ3v) is 3.84. The average Bonchev–Trinajstić information content (AvgIpc) is 2.83. The van der Waals surface area contributed by atoms with Crippen LogP contribution in [0.5, 0.6) is 0 Å². The highest BCUT2D eigenvalue weighted by Gasteiger charge is 2.43. The lowest BCUT2D eigenvalue weighted by atomic mass is 9.84. The normalized spacial score (nSPS) is 23.8. The Bertz CT molecular complexity index is 499. The van der Waals surface area contributed by atoms with Crippen LogP contribution in [0.15, 0.2) is 0 Å². The maximum Gasteiger partial charge on any atom is 0.435 e. The van der Waals surface area contributed by atoms with Crippen molar-refractivity contribution in [2.24, 2.45) is 5.92 Å². The van der Waals surface area contributed by atoms with Crippen LogP contribution in [-0.2, 0) is 6.18 Å². The molecule has 0 aliphatic heterocycles. The van der Waals surface area contributed by atoms with E-state index in [0.717, 1.165) is 23.9 Å². The van der Waals surface area contributed by atoms with E-state index < -0.39 is 29.6 Å². The zero-order valence-electron chi connectivity index (χ0n) is 11.0. The van der Waals surface area contributed by atoms with E-state index in [2.05, 4.69) is 10.3 Å². The summed E-state index contributed by atoms with van der Waals surface area (Å²) in [5.41, 5.74) is -2.26. The number of aromatic carboxylic acids is 1. The minimum atomic E-state index is -4.77. The van der Waals surface area contributed by atoms with Gasteiger partial charge in [-0.3, -0.25) is 0 Å². The van der Waals surface area contributed by atoms with Crippen molar-refractivity contribution in [1.29, 1.82) is 0 Å². The van der Waals surface area contributed by atoms with Gasteiger partial charge in [0.05, 0.1) is 6.04 Å². The summed E-state index contributed by atoms with van der Waals surface area (Å²) < 4.78 is 40.0. The van der Waals surface area contributed by atoms with Gasteiger partial charge in [0.25, 0.3) is 0 Å². The van der Waals surface area contributed by atoms with Crippen LogP contribution >= 0.6 is 0 Å². The number of hydrogen-bond acceptors (Lipinski definition) is 3. The molecule has 2 atom stereocenters. The van der Waals surface area contributed by atoms with Crippen LogP contribution in [0.1, 0.15) is 61.3 Å². The summed E-state index contributed by atoms with van der Waals surface area (Å²) in [6.45, 7) is 2.00. The van der Waals surface area contributed by atoms with Gasteiger partial charge in [0.15, 0.2) is 5.69 Å². The first-order valence-electron chi connectivity index (χ1n) is 6.60. The second kappa shape index (κ2) is 5.41. The number of rotatable bonds is 3. The summed E-state index contributed by atoms with van der Waals surface area (Å²) in [6, 6.07) is -0.425. The molecule has 1 aliphatic carbocycles. The Morgan fingerprint density at radius 1 is 1.45 bits per heavy atom. The predicted octanol–water partition coefficient (Wildman–Crippen LogP) is 3.14. The number of carboxylic acid groups (broad SMARTS) is 1. The number of alkyl halides is 3. The zero-order chi connectivity index (χ0) is 14.9. The molecule has 8 heteroatoms. The third kappa shape index (κ3) is 2.78. The average molecular weight is 291 g/mol. The van der Waals surface area contributed by atoms with Crippen LogP contribution in [0.4, 0.5) is 13.2 Å². The maximum atomic E-state index is 13.1. The third-order valence-electron chi connectivity index (χ3n) is 3.84. The second-order valence-corrected chi connectivity index (χ2v) is 5.13. The standard InChI is InChI=1S/C12H16F3N3O2/c1-2-7-4-3-5-8(6-7)18-10(12(13,14)15)9(11(19)20)16-17-18/h7-8H,2-6H2,1H3,(H,19,20). The molecule has 0 aromatic carbocycles. The monoisotopic (exact) mass is 291 g/mol. The molecular formula is C12H16F3N3O2. The molecule has 0 saturated heterocycles. The molecule has 2 rings (SSSR count). The minimum Gasteiger partial charge on any atom is -0.476 e. The fraction of sp³-hybridized carbons (Fsp3) is 0.750. The van der Waals surface area contributed by atoms with E-state index >= 15 is 0 Å². The molecule has 1 aromatic rings. The Morgan fingerprint density at radius 2 is 2.15 bits per heavy atom. The zero-order valence-corrected chi connectivity index (χ0v) is 11.0. The quantitative estimate of drug-likeness (QED) is 0.929. The van der Waals surface area contributed by atoms with Crippen LogP contribution < -0.4 is 0 Å². The van der Waals surface area contributed by atoms with Crippen molar-refractivity contribution in [1.82, 2.24) is 15.0 Å². The highest BCUT2D eigenvalue weighted by atomic mass is 19.4. The van der Waals surface area contributed by atoms with E-state index in [-0.39, 0.29) is 0 Å². The summed E-state index contributed by atoms with van der Waals surface area (Å²) in [5, 5.41) is 15.5. The van der Waals surface area contributed by atoms with Crippen molar-refractivity contribution in [3.8, 4) is 0 Å². The van der Waals surface area contributed by atoms with Crippen LogP contribution in [0, 0.1) is 5.92 Å². The van der Waals surface area contributed by atoms with Gasteiger partial charge in [0.1, 0.15) is 0 Å². The number of aromatic nitrogens is 3. The Labute approximate surface area is 113 Å². The van der Waals surface area contributed by atoms with Crippen molar-refractivity contribution in [3.63, 3.8) is 0 Å². The molecule has 1 heterocycles. The smallest absolute Gasteiger partial charge is 0.435 e. The summed E-state index contributed by atoms with van der Waals surface area (Å²) >= 11 is 0. The number of hydrogen-bond donors (Lipinski definition) is 1. The molecule has 20 heavy (non-hydrogen) atoms. The first-order chi connectivity index (χ1) is 9.34. The first kappa shape index (κ1) is 14.8. The lowest BCUT2D eigenvalue weighted by Gasteiger charge is -2.29. The molecule has 0 spiro atoms. The molecule has 1 N–H and O–H groups in total. The van der Waals surface area contributed by atoms with Gasteiger partial charge in [-0.15, -0.1) is 5.10 Å². The second-order valence-electron chi connectivity index (χ2n) is 5.13. The van der Waals surface area contributed by atoms with E-state index in [9.17, 15) is 18.0 Å². The predicted molar refractivity (Wildman–Crippen MR) is 63.3 cm³/mol. The summed E-state index contributed by atoms with van der Waals surface area (Å²) in [6.07, 6.45) is -0.893. The molecule has 1 aliphatic rings. The molecule has 1 fully saturated rings. The number of halogens is 3. The van der Waals surface area contributed by atoms with Crippen LogP contribution in [0.25, 0.3) is 0 Å². The van der Waals surface area contributed by atoms with E-state index in [1.807, 2.05) is 6.92 Å². The van der Waals surface area contributed by atoms with Gasteiger partial charge in [-0.2, -0.15) is 13.2 Å². The molecule has 2 unspecified atom stereocenters. The van der Waals surface area contributed by atoms with Gasteiger partial charge >= 0.3 is 12.1 Å². The van der Waals surface area contributed by atoms with E-state index in [1.165, 1.54) is 0 Å². The number of carboxylic acids is 1. The topological polar surface area (TPSA) is 68.0 Å². The van der Waals surface area contributed by atoms with E-state index in [0.29, 0.717) is 18.8 Å². The summed E-state index contributed by atoms with van der Waals surface area (Å²) in [7, 11) is 0. The van der Waals surface area contributed by atoms with Crippen molar-refractivity contribution in [3.05, 3.63) is 11.4 Å². The van der Waals surface area contributed by atoms with Gasteiger partial charge in [0.2, 0.25) is 5.69 Å². The summed E-state index contributed by atoms with van der Waals surface area (Å²) in [4.78, 5) is 10.9. The molecule has 0 bridgehead atoms. The maximum absolute atomic E-state index is 13.1. The number of carbonyl (C=O) groups is 1. The first-order valence-corrected chi connectivity index (χ1v) is 6.60. The van der Waals surface area contributed by atoms with Crippen LogP contribution in [0.3, 0.4) is 0 Å². The molecule has 1 aromatic heterocycles. The Morgan fingerprint density at radius 3 is 2.70 bits per heavy atom. The van der Waals surface area contributed by atoms with Crippen LogP contribution in [-0.4, -0.2) is 26.1 Å². The lowest BCUT2D eigenvalue weighted by Crippen LogP contribution is -2.25. The van der Waals surface area contributed by atoms with E-state index in [4.69, 9.17) is 5.11 Å². The molecule has 5 nitrogen and oxygen atoms in total. The Hall–Kier alpha value is -1.60. The SMILES string of the molecule is CCC1CCCC(n2nnc(C(=O)O)c2C(F)(F)F)C1. The van der Waals surface area contributed by atoms with Gasteiger partial charge < -0.3 is 5.11 Å². The van der Waals surface area contributed by atoms with Crippen molar-refractivity contribution >= 4 is 5.97 Å².